The molecule has 0 aliphatic carbocycles. The molecule has 0 radical (unpaired) electrons. The molecule has 10 aromatic carbocycles. The summed E-state index contributed by atoms with van der Waals surface area (Å²) in [6.45, 7) is 0.0437. The highest BCUT2D eigenvalue weighted by molar-refractivity contribution is 6.99. The topological polar surface area (TPSA) is 46.8 Å². The van der Waals surface area contributed by atoms with Crippen molar-refractivity contribution >= 4 is 89.8 Å². The molecule has 16 rings (SSSR count). The van der Waals surface area contributed by atoms with Gasteiger partial charge in [0.2, 0.25) is 0 Å². The van der Waals surface area contributed by atoms with Gasteiger partial charge in [-0.1, -0.05) is 121 Å². The normalized spacial score (nSPS) is 13.4. The van der Waals surface area contributed by atoms with Gasteiger partial charge in [0.1, 0.15) is 46.0 Å². The van der Waals surface area contributed by atoms with Crippen molar-refractivity contribution in [3.8, 4) is 68.5 Å². The molecule has 0 saturated heterocycles. The van der Waals surface area contributed by atoms with E-state index in [4.69, 9.17) is 18.9 Å². The first-order chi connectivity index (χ1) is 33.7. The maximum absolute atomic E-state index is 6.74. The Balaban J connectivity index is 0.837. The van der Waals surface area contributed by atoms with Crippen LogP contribution in [0.1, 0.15) is 0 Å². The monoisotopic (exact) mass is 868 g/mol. The molecule has 6 heterocycles. The van der Waals surface area contributed by atoms with Crippen molar-refractivity contribution in [1.82, 2.24) is 9.13 Å². The number of para-hydroxylation sites is 6. The average Bonchev–Trinajstić information content (AvgIpc) is 3.90. The Bertz CT molecular complexity index is 3800. The zero-order chi connectivity index (χ0) is 44.2. The van der Waals surface area contributed by atoms with Crippen LogP contribution in [0.3, 0.4) is 0 Å². The number of nitrogens with zero attached hydrogens (tertiary/aromatic N) is 2. The Morgan fingerprint density at radius 1 is 0.265 bits per heavy atom. The molecule has 0 amide bonds. The molecule has 0 bridgehead atoms. The van der Waals surface area contributed by atoms with Gasteiger partial charge in [-0.3, -0.25) is 0 Å². The highest BCUT2D eigenvalue weighted by Crippen LogP contribution is 2.43. The molecule has 0 fully saturated rings. The predicted molar refractivity (Wildman–Crippen MR) is 276 cm³/mol. The van der Waals surface area contributed by atoms with Crippen LogP contribution in [0.2, 0.25) is 0 Å². The molecule has 0 spiro atoms. The van der Waals surface area contributed by atoms with Gasteiger partial charge in [0.05, 0.1) is 33.4 Å². The van der Waals surface area contributed by atoms with Crippen LogP contribution in [-0.4, -0.2) is 22.6 Å². The van der Waals surface area contributed by atoms with Crippen molar-refractivity contribution in [1.29, 1.82) is 0 Å². The maximum Gasteiger partial charge on any atom is 0.260 e. The maximum atomic E-state index is 6.74. The summed E-state index contributed by atoms with van der Waals surface area (Å²) in [6, 6.07) is 73.4. The summed E-state index contributed by atoms with van der Waals surface area (Å²) in [7, 11) is 0. The van der Waals surface area contributed by atoms with Gasteiger partial charge in [-0.05, 0) is 93.6 Å². The van der Waals surface area contributed by atoms with Crippen LogP contribution in [0.5, 0.6) is 46.0 Å². The second kappa shape index (κ2) is 13.4. The average molecular weight is 869 g/mol. The number of hydrogen-bond acceptors (Lipinski definition) is 4. The van der Waals surface area contributed by atoms with Gasteiger partial charge in [-0.25, -0.2) is 0 Å². The van der Waals surface area contributed by atoms with Gasteiger partial charge in [0.25, 0.3) is 13.4 Å². The van der Waals surface area contributed by atoms with E-state index in [9.17, 15) is 0 Å². The van der Waals surface area contributed by atoms with E-state index < -0.39 is 0 Å². The summed E-state index contributed by atoms with van der Waals surface area (Å²) in [5, 5.41) is 4.70. The zero-order valence-electron chi connectivity index (χ0n) is 36.3. The Kier molecular flexibility index (Phi) is 7.15. The third kappa shape index (κ3) is 4.93. The molecular weight excluding hydrogens is 834 g/mol. The summed E-state index contributed by atoms with van der Waals surface area (Å²) < 4.78 is 31.6. The molecule has 2 aromatic heterocycles. The zero-order valence-corrected chi connectivity index (χ0v) is 36.3. The van der Waals surface area contributed by atoms with E-state index >= 15 is 0 Å². The van der Waals surface area contributed by atoms with E-state index in [1.54, 1.807) is 0 Å². The molecule has 68 heavy (non-hydrogen) atoms. The minimum Gasteiger partial charge on any atom is -0.458 e. The number of aromatic nitrogens is 2. The van der Waals surface area contributed by atoms with Crippen LogP contribution in [0.4, 0.5) is 0 Å². The van der Waals surface area contributed by atoms with E-state index in [1.807, 2.05) is 24.3 Å². The van der Waals surface area contributed by atoms with Crippen LogP contribution in [0, 0.1) is 0 Å². The van der Waals surface area contributed by atoms with Gasteiger partial charge in [0, 0.05) is 56.7 Å². The van der Waals surface area contributed by atoms with Crippen LogP contribution in [0.25, 0.3) is 66.1 Å². The second-order valence-electron chi connectivity index (χ2n) is 18.3. The summed E-state index contributed by atoms with van der Waals surface area (Å²) in [4.78, 5) is 0. The lowest BCUT2D eigenvalue weighted by molar-refractivity contribution is 0.463. The van der Waals surface area contributed by atoms with Crippen molar-refractivity contribution < 1.29 is 18.9 Å². The lowest BCUT2D eigenvalue weighted by Gasteiger charge is -2.33. The fourth-order valence-corrected chi connectivity index (χ4v) is 11.9. The molecule has 0 atom stereocenters. The Labute approximate surface area is 390 Å². The Morgan fingerprint density at radius 2 is 0.574 bits per heavy atom. The summed E-state index contributed by atoms with van der Waals surface area (Å²) in [5.41, 5.74) is 15.5. The van der Waals surface area contributed by atoms with E-state index in [0.717, 1.165) is 123 Å². The van der Waals surface area contributed by atoms with Crippen LogP contribution in [-0.2, 0) is 0 Å². The number of fused-ring (bicyclic) bond motifs is 14. The fraction of sp³-hybridized carbons (Fsp3) is 0. The largest absolute Gasteiger partial charge is 0.458 e. The molecule has 4 aliphatic heterocycles. The first-order valence-corrected chi connectivity index (χ1v) is 23.2. The molecule has 0 N–H and O–H groups in total. The molecule has 12 aromatic rings. The smallest absolute Gasteiger partial charge is 0.260 e. The predicted octanol–water partition coefficient (Wildman–Crippen LogP) is 11.0. The molecule has 314 valence electrons. The van der Waals surface area contributed by atoms with Crippen molar-refractivity contribution in [2.75, 3.05) is 0 Å². The number of hydrogen-bond donors (Lipinski definition) is 0. The minimum absolute atomic E-state index is 0.0219. The Morgan fingerprint density at radius 3 is 0.941 bits per heavy atom. The van der Waals surface area contributed by atoms with E-state index in [-0.39, 0.29) is 13.4 Å². The highest BCUT2D eigenvalue weighted by Gasteiger charge is 2.42. The molecule has 6 nitrogen and oxygen atoms in total. The lowest BCUT2D eigenvalue weighted by Crippen LogP contribution is -2.57. The van der Waals surface area contributed by atoms with E-state index in [2.05, 4.69) is 191 Å². The summed E-state index contributed by atoms with van der Waals surface area (Å²) in [5.74, 6) is 6.79. The fourth-order valence-electron chi connectivity index (χ4n) is 11.9. The first kappa shape index (κ1) is 36.4. The SMILES string of the molecule is c1ccc2c(c1)Oc1cc(-n3c4ccccc4c4cc(-c5ccc6c(c5)c5ccccc5n6-c5cc6c7c(c5)Oc5ccccc5B7c5ccccc5O6)ccc43)cc3c1B2c1ccccc1O3. The van der Waals surface area contributed by atoms with E-state index in [0.29, 0.717) is 0 Å². The molecular formula is C60H34B2N2O4. The molecule has 4 aliphatic rings. The van der Waals surface area contributed by atoms with Crippen molar-refractivity contribution in [2.45, 2.75) is 0 Å². The van der Waals surface area contributed by atoms with Crippen LogP contribution < -0.4 is 51.7 Å². The first-order valence-electron chi connectivity index (χ1n) is 23.2. The highest BCUT2D eigenvalue weighted by atomic mass is 16.5. The van der Waals surface area contributed by atoms with Gasteiger partial charge < -0.3 is 28.1 Å². The van der Waals surface area contributed by atoms with Crippen molar-refractivity contribution in [3.05, 3.63) is 206 Å². The summed E-state index contributed by atoms with van der Waals surface area (Å²) >= 11 is 0. The summed E-state index contributed by atoms with van der Waals surface area (Å²) in [6.07, 6.45) is 0. The number of ether oxygens (including phenoxy) is 4. The molecule has 0 saturated carbocycles. The standard InChI is InChI=1S/C60H34B2N2O4/c1-7-19-47-39(13-1)41-29-35(25-27-49(41)63(47)37-31-55-59-56(32-37)66-52-22-10-4-16-44(52)61(59)43-15-3-9-21-51(43)65-55)36-26-28-50-42(30-36)40-14-2-8-20-48(40)64(50)38-33-57-60-58(34-38)68-54-24-12-6-18-46(54)62(60)45-17-5-11-23-53(45)67-57/h1-34H. The Hall–Kier alpha value is -8.87. The van der Waals surface area contributed by atoms with Gasteiger partial charge in [-0.15, -0.1) is 0 Å². The number of benzene rings is 10. The van der Waals surface area contributed by atoms with Gasteiger partial charge in [-0.2, -0.15) is 0 Å². The van der Waals surface area contributed by atoms with Gasteiger partial charge >= 0.3 is 0 Å². The quantitative estimate of drug-likeness (QED) is 0.166. The third-order valence-corrected chi connectivity index (χ3v) is 14.7. The third-order valence-electron chi connectivity index (χ3n) is 14.7. The number of rotatable bonds is 3. The molecule has 8 heteroatoms. The molecule has 0 unspecified atom stereocenters. The van der Waals surface area contributed by atoms with Crippen LogP contribution >= 0.6 is 0 Å². The van der Waals surface area contributed by atoms with Crippen molar-refractivity contribution in [2.24, 2.45) is 0 Å². The van der Waals surface area contributed by atoms with Crippen LogP contribution in [0.15, 0.2) is 206 Å². The van der Waals surface area contributed by atoms with Gasteiger partial charge in [0.15, 0.2) is 0 Å². The lowest BCUT2D eigenvalue weighted by atomic mass is 9.35. The van der Waals surface area contributed by atoms with Crippen molar-refractivity contribution in [3.63, 3.8) is 0 Å². The minimum atomic E-state index is 0.0219. The van der Waals surface area contributed by atoms with E-state index in [1.165, 1.54) is 21.5 Å². The second-order valence-corrected chi connectivity index (χ2v) is 18.3.